The van der Waals surface area contributed by atoms with Crippen LogP contribution in [0.3, 0.4) is 0 Å². The van der Waals surface area contributed by atoms with Crippen LogP contribution in [0.2, 0.25) is 0 Å². The second-order valence-corrected chi connectivity index (χ2v) is 3.05. The van der Waals surface area contributed by atoms with E-state index in [2.05, 4.69) is 12.1 Å². The van der Waals surface area contributed by atoms with Crippen LogP contribution in [0.15, 0.2) is 12.2 Å². The van der Waals surface area contributed by atoms with Crippen LogP contribution < -0.4 is 5.48 Å². The second-order valence-electron chi connectivity index (χ2n) is 3.05. The number of amides is 1. The fraction of sp³-hybridized carbons (Fsp3) is 0.667. The van der Waals surface area contributed by atoms with Crippen molar-refractivity contribution in [3.05, 3.63) is 12.2 Å². The molecule has 1 N–H and O–H groups in total. The third-order valence-electron chi connectivity index (χ3n) is 1.71. The third-order valence-corrected chi connectivity index (χ3v) is 1.71. The van der Waals surface area contributed by atoms with E-state index in [1.54, 1.807) is 0 Å². The average molecular weight is 185 g/mol. The van der Waals surface area contributed by atoms with Crippen molar-refractivity contribution >= 4 is 5.91 Å². The average Bonchev–Trinajstić information content (AvgIpc) is 2.88. The number of carbonyl (C=O) groups excluding carboxylic acids is 1. The fourth-order valence-corrected chi connectivity index (χ4v) is 0.852. The van der Waals surface area contributed by atoms with E-state index in [0.29, 0.717) is 18.6 Å². The zero-order valence-corrected chi connectivity index (χ0v) is 7.84. The van der Waals surface area contributed by atoms with Crippen LogP contribution >= 0.6 is 0 Å². The van der Waals surface area contributed by atoms with Crippen LogP contribution in [0.25, 0.3) is 0 Å². The molecule has 0 aliphatic carbocycles. The Morgan fingerprint density at radius 2 is 2.46 bits per heavy atom. The van der Waals surface area contributed by atoms with Crippen molar-refractivity contribution < 1.29 is 14.4 Å². The molecule has 4 heteroatoms. The van der Waals surface area contributed by atoms with Crippen molar-refractivity contribution in [3.8, 4) is 0 Å². The molecule has 0 aromatic rings. The smallest absolute Gasteiger partial charge is 0.270 e. The van der Waals surface area contributed by atoms with Crippen LogP contribution in [0, 0.1) is 0 Å². The minimum absolute atomic E-state index is 0.166. The second kappa shape index (κ2) is 4.99. The predicted molar refractivity (Wildman–Crippen MR) is 47.9 cm³/mol. The molecule has 0 aromatic heterocycles. The quantitative estimate of drug-likeness (QED) is 0.378. The molecule has 1 amide bonds. The number of epoxide rings is 1. The van der Waals surface area contributed by atoms with Gasteiger partial charge in [-0.05, 0) is 6.42 Å². The van der Waals surface area contributed by atoms with Gasteiger partial charge >= 0.3 is 0 Å². The Morgan fingerprint density at radius 1 is 1.77 bits per heavy atom. The third kappa shape index (κ3) is 4.05. The number of hydrogen-bond donors (Lipinski definition) is 1. The van der Waals surface area contributed by atoms with Gasteiger partial charge in [-0.2, -0.15) is 0 Å². The molecule has 0 radical (unpaired) electrons. The molecule has 1 aliphatic rings. The fourth-order valence-electron chi connectivity index (χ4n) is 0.852. The highest BCUT2D eigenvalue weighted by Crippen LogP contribution is 2.08. The lowest BCUT2D eigenvalue weighted by Gasteiger charge is -2.05. The number of hydroxylamine groups is 1. The molecular formula is C9H15NO3. The number of rotatable bonds is 6. The maximum absolute atomic E-state index is 11.2. The summed E-state index contributed by atoms with van der Waals surface area (Å²) in [6.45, 7) is 6.78. The Bertz CT molecular complexity index is 199. The topological polar surface area (TPSA) is 50.9 Å². The first-order valence-corrected chi connectivity index (χ1v) is 4.45. The highest BCUT2D eigenvalue weighted by Gasteiger charge is 2.23. The molecule has 4 nitrogen and oxygen atoms in total. The molecule has 1 heterocycles. The Kier molecular flexibility index (Phi) is 3.92. The molecular weight excluding hydrogens is 170 g/mol. The molecule has 1 atom stereocenters. The van der Waals surface area contributed by atoms with Gasteiger partial charge in [0.25, 0.3) is 5.91 Å². The zero-order chi connectivity index (χ0) is 9.68. The van der Waals surface area contributed by atoms with Crippen molar-refractivity contribution in [2.45, 2.75) is 25.9 Å². The standard InChI is InChI=1S/C9H15NO3/c1-3-4-7(2)9(11)10-13-6-8-5-12-8/h8H,2-6H2,1H3,(H,10,11). The Labute approximate surface area is 77.9 Å². The van der Waals surface area contributed by atoms with E-state index in [4.69, 9.17) is 9.57 Å². The van der Waals surface area contributed by atoms with Gasteiger partial charge in [0.2, 0.25) is 0 Å². The van der Waals surface area contributed by atoms with Gasteiger partial charge in [-0.25, -0.2) is 5.48 Å². The lowest BCUT2D eigenvalue weighted by Crippen LogP contribution is -2.26. The van der Waals surface area contributed by atoms with Crippen LogP contribution in [0.4, 0.5) is 0 Å². The van der Waals surface area contributed by atoms with Gasteiger partial charge < -0.3 is 4.74 Å². The molecule has 74 valence electrons. The van der Waals surface area contributed by atoms with E-state index in [0.717, 1.165) is 13.0 Å². The van der Waals surface area contributed by atoms with Gasteiger partial charge in [-0.15, -0.1) is 0 Å². The number of hydrogen-bond acceptors (Lipinski definition) is 3. The van der Waals surface area contributed by atoms with E-state index in [1.807, 2.05) is 6.92 Å². The number of carbonyl (C=O) groups is 1. The van der Waals surface area contributed by atoms with Crippen molar-refractivity contribution in [1.29, 1.82) is 0 Å². The summed E-state index contributed by atoms with van der Waals surface area (Å²) in [6, 6.07) is 0. The summed E-state index contributed by atoms with van der Waals surface area (Å²) in [4.78, 5) is 16.1. The Hall–Kier alpha value is -0.870. The summed E-state index contributed by atoms with van der Waals surface area (Å²) in [5.41, 5.74) is 2.87. The van der Waals surface area contributed by atoms with Gasteiger partial charge in [0.1, 0.15) is 12.7 Å². The van der Waals surface area contributed by atoms with Crippen molar-refractivity contribution in [1.82, 2.24) is 5.48 Å². The van der Waals surface area contributed by atoms with Gasteiger partial charge in [-0.3, -0.25) is 9.63 Å². The van der Waals surface area contributed by atoms with Gasteiger partial charge in [0.05, 0.1) is 6.61 Å². The maximum Gasteiger partial charge on any atom is 0.270 e. The number of ether oxygens (including phenoxy) is 1. The summed E-state index contributed by atoms with van der Waals surface area (Å²) in [6.07, 6.45) is 1.78. The molecule has 1 saturated heterocycles. The molecule has 0 bridgehead atoms. The minimum Gasteiger partial charge on any atom is -0.371 e. The minimum atomic E-state index is -0.234. The van der Waals surface area contributed by atoms with E-state index < -0.39 is 0 Å². The van der Waals surface area contributed by atoms with Crippen LogP contribution in [-0.2, 0) is 14.4 Å². The Balaban J connectivity index is 2.04. The van der Waals surface area contributed by atoms with E-state index in [9.17, 15) is 4.79 Å². The van der Waals surface area contributed by atoms with Crippen LogP contribution in [-0.4, -0.2) is 25.2 Å². The van der Waals surface area contributed by atoms with Crippen LogP contribution in [0.1, 0.15) is 19.8 Å². The predicted octanol–water partition coefficient (Wildman–Crippen LogP) is 0.789. The summed E-state index contributed by atoms with van der Waals surface area (Å²) in [5.74, 6) is -0.234. The summed E-state index contributed by atoms with van der Waals surface area (Å²) >= 11 is 0. The van der Waals surface area contributed by atoms with Crippen LogP contribution in [0.5, 0.6) is 0 Å². The lowest BCUT2D eigenvalue weighted by molar-refractivity contribution is -0.130. The normalized spacial score (nSPS) is 19.6. The van der Waals surface area contributed by atoms with Gasteiger partial charge in [0, 0.05) is 5.57 Å². The maximum atomic E-state index is 11.2. The summed E-state index contributed by atoms with van der Waals surface area (Å²) in [7, 11) is 0. The SMILES string of the molecule is C=C(CCC)C(=O)NOCC1CO1. The van der Waals surface area contributed by atoms with Gasteiger partial charge in [-0.1, -0.05) is 19.9 Å². The highest BCUT2D eigenvalue weighted by atomic mass is 16.7. The van der Waals surface area contributed by atoms with Gasteiger partial charge in [0.15, 0.2) is 0 Å². The zero-order valence-electron chi connectivity index (χ0n) is 7.84. The first-order chi connectivity index (χ1) is 6.24. The van der Waals surface area contributed by atoms with E-state index in [-0.39, 0.29) is 12.0 Å². The first-order valence-electron chi connectivity index (χ1n) is 4.45. The highest BCUT2D eigenvalue weighted by molar-refractivity contribution is 5.91. The first kappa shape index (κ1) is 10.2. The van der Waals surface area contributed by atoms with Crippen molar-refractivity contribution in [2.24, 2.45) is 0 Å². The van der Waals surface area contributed by atoms with E-state index in [1.165, 1.54) is 0 Å². The molecule has 1 aliphatic heterocycles. The molecule has 1 unspecified atom stereocenters. The van der Waals surface area contributed by atoms with E-state index >= 15 is 0 Å². The van der Waals surface area contributed by atoms with Crippen molar-refractivity contribution in [3.63, 3.8) is 0 Å². The summed E-state index contributed by atoms with van der Waals surface area (Å²) < 4.78 is 4.90. The molecule has 1 rings (SSSR count). The molecule has 0 saturated carbocycles. The molecule has 0 aromatic carbocycles. The molecule has 13 heavy (non-hydrogen) atoms. The molecule has 0 spiro atoms. The summed E-state index contributed by atoms with van der Waals surface area (Å²) in [5, 5.41) is 0. The molecule has 1 fully saturated rings. The largest absolute Gasteiger partial charge is 0.371 e. The lowest BCUT2D eigenvalue weighted by atomic mass is 10.2. The van der Waals surface area contributed by atoms with Crippen molar-refractivity contribution in [2.75, 3.05) is 13.2 Å². The monoisotopic (exact) mass is 185 g/mol. The Morgan fingerprint density at radius 3 is 3.00 bits per heavy atom. The number of nitrogens with one attached hydrogen (secondary N) is 1.